The average molecular weight is 459 g/mol. The van der Waals surface area contributed by atoms with Gasteiger partial charge in [0.05, 0.1) is 18.8 Å². The fourth-order valence-electron chi connectivity index (χ4n) is 2.74. The first kappa shape index (κ1) is 25.7. The van der Waals surface area contributed by atoms with Crippen molar-refractivity contribution in [2.75, 3.05) is 26.4 Å². The van der Waals surface area contributed by atoms with E-state index in [1.807, 2.05) is 13.8 Å². The molecular weight excluding hydrogens is 428 g/mol. The molecule has 0 aliphatic carbocycles. The molecule has 33 heavy (non-hydrogen) atoms. The summed E-state index contributed by atoms with van der Waals surface area (Å²) in [5, 5.41) is 9.43. The minimum atomic E-state index is -1.12. The lowest BCUT2D eigenvalue weighted by atomic mass is 10.0. The van der Waals surface area contributed by atoms with Gasteiger partial charge in [-0.2, -0.15) is 0 Å². The summed E-state index contributed by atoms with van der Waals surface area (Å²) in [5.74, 6) is -1.34. The molecule has 0 aliphatic heterocycles. The molecule has 8 heteroatoms. The zero-order chi connectivity index (χ0) is 24.1. The standard InChI is InChI=1S/C25H30O8/c1-3-5-11-30-23(26)16-32-21-9-7-18(8-10-21)19-13-20(25(28)29)15-22(14-19)33-17-24(27)31-12-6-4-2/h7-10,13-15H,3-6,11-12,16-17H2,1-2H3,(H,28,29). The molecule has 0 heterocycles. The number of unbranched alkanes of at least 4 members (excludes halogenated alkanes) is 2. The lowest BCUT2D eigenvalue weighted by Crippen LogP contribution is -2.15. The van der Waals surface area contributed by atoms with Crippen LogP contribution in [0.3, 0.4) is 0 Å². The van der Waals surface area contributed by atoms with Gasteiger partial charge in [-0.25, -0.2) is 14.4 Å². The topological polar surface area (TPSA) is 108 Å². The van der Waals surface area contributed by atoms with Gasteiger partial charge in [-0.15, -0.1) is 0 Å². The van der Waals surface area contributed by atoms with Gasteiger partial charge in [-0.05, 0) is 54.3 Å². The van der Waals surface area contributed by atoms with Gasteiger partial charge in [0.15, 0.2) is 13.2 Å². The molecular formula is C25H30O8. The average Bonchev–Trinajstić information content (AvgIpc) is 2.82. The minimum absolute atomic E-state index is 0.0250. The lowest BCUT2D eigenvalue weighted by molar-refractivity contribution is -0.146. The van der Waals surface area contributed by atoms with Gasteiger partial charge < -0.3 is 24.1 Å². The minimum Gasteiger partial charge on any atom is -0.482 e. The fraction of sp³-hybridized carbons (Fsp3) is 0.400. The summed E-state index contributed by atoms with van der Waals surface area (Å²) in [6.07, 6.45) is 3.42. The van der Waals surface area contributed by atoms with Crippen LogP contribution >= 0.6 is 0 Å². The Bertz CT molecular complexity index is 921. The summed E-state index contributed by atoms with van der Waals surface area (Å²) in [4.78, 5) is 35.0. The summed E-state index contributed by atoms with van der Waals surface area (Å²) >= 11 is 0. The Morgan fingerprint density at radius 3 is 1.79 bits per heavy atom. The van der Waals surface area contributed by atoms with E-state index in [2.05, 4.69) is 0 Å². The number of rotatable bonds is 14. The summed E-state index contributed by atoms with van der Waals surface area (Å²) in [6.45, 7) is 4.19. The van der Waals surface area contributed by atoms with Crippen molar-refractivity contribution < 1.29 is 38.4 Å². The van der Waals surface area contributed by atoms with Crippen LogP contribution < -0.4 is 9.47 Å². The number of ether oxygens (including phenoxy) is 4. The zero-order valence-corrected chi connectivity index (χ0v) is 19.0. The number of carbonyl (C=O) groups excluding carboxylic acids is 2. The van der Waals surface area contributed by atoms with Crippen molar-refractivity contribution in [1.82, 2.24) is 0 Å². The van der Waals surface area contributed by atoms with Crippen LogP contribution in [0, 0.1) is 0 Å². The molecule has 0 radical (unpaired) electrons. The first-order valence-electron chi connectivity index (χ1n) is 11.0. The Morgan fingerprint density at radius 2 is 1.27 bits per heavy atom. The van der Waals surface area contributed by atoms with Crippen LogP contribution in [-0.2, 0) is 19.1 Å². The SMILES string of the molecule is CCCCOC(=O)COc1ccc(-c2cc(OCC(=O)OCCCC)cc(C(=O)O)c2)cc1. The van der Waals surface area contributed by atoms with E-state index in [0.717, 1.165) is 25.7 Å². The second-order valence-corrected chi connectivity index (χ2v) is 7.30. The lowest BCUT2D eigenvalue weighted by Gasteiger charge is -2.11. The first-order valence-corrected chi connectivity index (χ1v) is 11.0. The summed E-state index contributed by atoms with van der Waals surface area (Å²) < 4.78 is 21.0. The third kappa shape index (κ3) is 9.22. The molecule has 0 aliphatic rings. The number of hydrogen-bond acceptors (Lipinski definition) is 7. The van der Waals surface area contributed by atoms with Gasteiger partial charge in [0.2, 0.25) is 0 Å². The number of benzene rings is 2. The summed E-state index contributed by atoms with van der Waals surface area (Å²) in [7, 11) is 0. The Balaban J connectivity index is 2.03. The molecule has 0 spiro atoms. The number of aromatic carboxylic acids is 1. The molecule has 0 unspecified atom stereocenters. The predicted octanol–water partition coefficient (Wildman–Crippen LogP) is 4.50. The van der Waals surface area contributed by atoms with Crippen LogP contribution in [0.4, 0.5) is 0 Å². The summed E-state index contributed by atoms with van der Waals surface area (Å²) in [6, 6.07) is 11.3. The predicted molar refractivity (Wildman–Crippen MR) is 122 cm³/mol. The Hall–Kier alpha value is -3.55. The Kier molecular flexibility index (Phi) is 10.7. The van der Waals surface area contributed by atoms with Crippen molar-refractivity contribution in [3.63, 3.8) is 0 Å². The van der Waals surface area contributed by atoms with Gasteiger partial charge in [0.25, 0.3) is 0 Å². The molecule has 0 bridgehead atoms. The van der Waals surface area contributed by atoms with Crippen LogP contribution in [0.1, 0.15) is 49.9 Å². The van der Waals surface area contributed by atoms with E-state index in [1.54, 1.807) is 30.3 Å². The van der Waals surface area contributed by atoms with E-state index >= 15 is 0 Å². The molecule has 178 valence electrons. The molecule has 0 fully saturated rings. The van der Waals surface area contributed by atoms with Gasteiger partial charge in [0.1, 0.15) is 11.5 Å². The number of carboxylic acid groups (broad SMARTS) is 1. The van der Waals surface area contributed by atoms with Crippen molar-refractivity contribution in [3.05, 3.63) is 48.0 Å². The molecule has 0 saturated heterocycles. The highest BCUT2D eigenvalue weighted by molar-refractivity contribution is 5.90. The van der Waals surface area contributed by atoms with Gasteiger partial charge >= 0.3 is 17.9 Å². The zero-order valence-electron chi connectivity index (χ0n) is 19.0. The van der Waals surface area contributed by atoms with E-state index in [4.69, 9.17) is 18.9 Å². The monoisotopic (exact) mass is 458 g/mol. The second kappa shape index (κ2) is 13.8. The van der Waals surface area contributed by atoms with E-state index < -0.39 is 17.9 Å². The molecule has 0 saturated carbocycles. The van der Waals surface area contributed by atoms with Crippen LogP contribution in [0.2, 0.25) is 0 Å². The number of esters is 2. The van der Waals surface area contributed by atoms with Crippen molar-refractivity contribution in [3.8, 4) is 22.6 Å². The third-order valence-corrected chi connectivity index (χ3v) is 4.58. The maximum absolute atomic E-state index is 11.8. The van der Waals surface area contributed by atoms with Gasteiger partial charge in [-0.1, -0.05) is 38.8 Å². The highest BCUT2D eigenvalue weighted by Crippen LogP contribution is 2.28. The largest absolute Gasteiger partial charge is 0.482 e. The van der Waals surface area contributed by atoms with Crippen molar-refractivity contribution >= 4 is 17.9 Å². The smallest absolute Gasteiger partial charge is 0.344 e. The maximum atomic E-state index is 11.8. The van der Waals surface area contributed by atoms with Crippen molar-refractivity contribution in [2.24, 2.45) is 0 Å². The van der Waals surface area contributed by atoms with Crippen LogP contribution in [0.25, 0.3) is 11.1 Å². The van der Waals surface area contributed by atoms with Crippen LogP contribution in [0.15, 0.2) is 42.5 Å². The maximum Gasteiger partial charge on any atom is 0.344 e. The quantitative estimate of drug-likeness (QED) is 0.326. The van der Waals surface area contributed by atoms with E-state index in [1.165, 1.54) is 12.1 Å². The van der Waals surface area contributed by atoms with E-state index in [-0.39, 0.29) is 24.5 Å². The molecule has 2 aromatic rings. The Morgan fingerprint density at radius 1 is 0.727 bits per heavy atom. The van der Waals surface area contributed by atoms with Crippen molar-refractivity contribution in [1.29, 1.82) is 0 Å². The molecule has 0 amide bonds. The number of hydrogen-bond donors (Lipinski definition) is 1. The van der Waals surface area contributed by atoms with Crippen LogP contribution in [0.5, 0.6) is 11.5 Å². The number of carbonyl (C=O) groups is 3. The molecule has 0 atom stereocenters. The highest BCUT2D eigenvalue weighted by Gasteiger charge is 2.12. The van der Waals surface area contributed by atoms with Crippen molar-refractivity contribution in [2.45, 2.75) is 39.5 Å². The summed E-state index contributed by atoms with van der Waals surface area (Å²) in [5.41, 5.74) is 1.33. The van der Waals surface area contributed by atoms with Crippen LogP contribution in [-0.4, -0.2) is 49.4 Å². The van der Waals surface area contributed by atoms with E-state index in [9.17, 15) is 19.5 Å². The first-order chi connectivity index (χ1) is 15.9. The highest BCUT2D eigenvalue weighted by atomic mass is 16.6. The molecule has 2 rings (SSSR count). The van der Waals surface area contributed by atoms with Gasteiger partial charge in [0, 0.05) is 0 Å². The van der Waals surface area contributed by atoms with E-state index in [0.29, 0.717) is 30.1 Å². The Labute approximate surface area is 193 Å². The van der Waals surface area contributed by atoms with Gasteiger partial charge in [-0.3, -0.25) is 0 Å². The molecule has 1 N–H and O–H groups in total. The normalized spacial score (nSPS) is 10.4. The fourth-order valence-corrected chi connectivity index (χ4v) is 2.74. The molecule has 0 aromatic heterocycles. The third-order valence-electron chi connectivity index (χ3n) is 4.58. The second-order valence-electron chi connectivity index (χ2n) is 7.30. The number of carboxylic acids is 1. The molecule has 2 aromatic carbocycles. The molecule has 8 nitrogen and oxygen atoms in total.